The number of nitrogens with two attached hydrogens (primary N) is 1. The van der Waals surface area contributed by atoms with E-state index in [0.29, 0.717) is 5.56 Å². The summed E-state index contributed by atoms with van der Waals surface area (Å²) in [6.07, 6.45) is 0. The summed E-state index contributed by atoms with van der Waals surface area (Å²) in [7, 11) is 0. The van der Waals surface area contributed by atoms with Crippen molar-refractivity contribution >= 4 is 17.6 Å². The average molecular weight is 308 g/mol. The molecule has 3 nitrogen and oxygen atoms in total. The van der Waals surface area contributed by atoms with Crippen LogP contribution in [0.3, 0.4) is 0 Å². The van der Waals surface area contributed by atoms with Crippen LogP contribution < -0.4 is 10.5 Å². The Balaban J connectivity index is 2.46. The molecule has 0 heterocycles. The summed E-state index contributed by atoms with van der Waals surface area (Å²) < 4.78 is 32.3. The van der Waals surface area contributed by atoms with Gasteiger partial charge in [-0.05, 0) is 30.0 Å². The molecule has 0 unspecified atom stereocenters. The van der Waals surface area contributed by atoms with E-state index >= 15 is 0 Å². The molecule has 2 aromatic rings. The van der Waals surface area contributed by atoms with E-state index in [1.165, 1.54) is 11.8 Å². The molecule has 0 saturated heterocycles. The third-order valence-corrected chi connectivity index (χ3v) is 3.61. The number of amidine groups is 1. The van der Waals surface area contributed by atoms with E-state index in [4.69, 9.17) is 15.9 Å². The Morgan fingerprint density at radius 1 is 1.24 bits per heavy atom. The van der Waals surface area contributed by atoms with Crippen LogP contribution in [0, 0.1) is 17.0 Å². The van der Waals surface area contributed by atoms with Crippen LogP contribution in [0.5, 0.6) is 11.5 Å². The number of hydrogen-bond donors (Lipinski definition) is 2. The Labute approximate surface area is 125 Å². The first-order valence-electron chi connectivity index (χ1n) is 6.26. The van der Waals surface area contributed by atoms with E-state index in [1.807, 2.05) is 6.92 Å². The molecular formula is C15H14F2N2OS. The fourth-order valence-corrected chi connectivity index (χ4v) is 2.65. The quantitative estimate of drug-likeness (QED) is 0.495. The maximum atomic E-state index is 13.7. The van der Waals surface area contributed by atoms with Gasteiger partial charge in [0.2, 0.25) is 0 Å². The minimum atomic E-state index is -0.681. The molecule has 0 aliphatic carbocycles. The number of ether oxygens (including phenoxy) is 1. The van der Waals surface area contributed by atoms with E-state index < -0.39 is 11.6 Å². The van der Waals surface area contributed by atoms with Crippen LogP contribution in [0.2, 0.25) is 0 Å². The van der Waals surface area contributed by atoms with Crippen molar-refractivity contribution in [1.29, 1.82) is 5.41 Å². The van der Waals surface area contributed by atoms with Crippen molar-refractivity contribution in [1.82, 2.24) is 0 Å². The summed E-state index contributed by atoms with van der Waals surface area (Å²) in [5.41, 5.74) is 5.97. The number of benzene rings is 2. The second-order valence-corrected chi connectivity index (χ2v) is 5.46. The van der Waals surface area contributed by atoms with Crippen LogP contribution >= 0.6 is 11.8 Å². The van der Waals surface area contributed by atoms with Gasteiger partial charge in [-0.25, -0.2) is 8.78 Å². The highest BCUT2D eigenvalue weighted by Crippen LogP contribution is 2.33. The summed E-state index contributed by atoms with van der Waals surface area (Å²) in [5, 5.41) is 7.67. The van der Waals surface area contributed by atoms with Gasteiger partial charge in [0.1, 0.15) is 17.4 Å². The van der Waals surface area contributed by atoms with Gasteiger partial charge in [0.15, 0.2) is 11.6 Å². The molecule has 0 amide bonds. The molecule has 6 heteroatoms. The molecule has 2 aromatic carbocycles. The lowest BCUT2D eigenvalue weighted by atomic mass is 10.2. The van der Waals surface area contributed by atoms with E-state index in [2.05, 4.69) is 0 Å². The van der Waals surface area contributed by atoms with Crippen molar-refractivity contribution in [2.24, 2.45) is 5.73 Å². The van der Waals surface area contributed by atoms with E-state index in [-0.39, 0.29) is 17.3 Å². The van der Waals surface area contributed by atoms with Gasteiger partial charge in [-0.3, -0.25) is 5.41 Å². The standard InChI is InChI=1S/C15H14F2N2OS/c1-2-21-13-5-3-4-11(14(13)15(18)19)20-12-8-9(16)6-7-10(12)17/h3-8H,2H2,1H3,(H3,18,19). The number of nitrogens with one attached hydrogen (secondary N) is 1. The van der Waals surface area contributed by atoms with E-state index in [0.717, 1.165) is 28.8 Å². The molecule has 0 radical (unpaired) electrons. The predicted molar refractivity (Wildman–Crippen MR) is 80.3 cm³/mol. The van der Waals surface area contributed by atoms with E-state index in [9.17, 15) is 8.78 Å². The molecule has 110 valence electrons. The first-order valence-corrected chi connectivity index (χ1v) is 7.24. The van der Waals surface area contributed by atoms with Crippen LogP contribution in [0.25, 0.3) is 0 Å². The Kier molecular flexibility index (Phi) is 4.80. The van der Waals surface area contributed by atoms with Gasteiger partial charge in [-0.2, -0.15) is 0 Å². The Morgan fingerprint density at radius 2 is 2.00 bits per heavy atom. The van der Waals surface area contributed by atoms with Crippen LogP contribution in [0.1, 0.15) is 12.5 Å². The molecule has 0 fully saturated rings. The van der Waals surface area contributed by atoms with Crippen molar-refractivity contribution in [3.8, 4) is 11.5 Å². The van der Waals surface area contributed by atoms with Crippen LogP contribution in [0.4, 0.5) is 8.78 Å². The molecule has 0 aromatic heterocycles. The average Bonchev–Trinajstić information content (AvgIpc) is 2.43. The second-order valence-electron chi connectivity index (χ2n) is 4.15. The third kappa shape index (κ3) is 3.52. The van der Waals surface area contributed by atoms with Gasteiger partial charge in [0.05, 0.1) is 5.56 Å². The monoisotopic (exact) mass is 308 g/mol. The Bertz CT molecular complexity index is 677. The fourth-order valence-electron chi connectivity index (χ4n) is 1.81. The molecule has 0 atom stereocenters. The molecule has 3 N–H and O–H groups in total. The third-order valence-electron chi connectivity index (χ3n) is 2.67. The van der Waals surface area contributed by atoms with Crippen LogP contribution in [-0.4, -0.2) is 11.6 Å². The summed E-state index contributed by atoms with van der Waals surface area (Å²) in [6.45, 7) is 1.97. The lowest BCUT2D eigenvalue weighted by Gasteiger charge is -2.14. The molecular weight excluding hydrogens is 294 g/mol. The summed E-state index contributed by atoms with van der Waals surface area (Å²) in [5.74, 6) is -0.688. The summed E-state index contributed by atoms with van der Waals surface area (Å²) >= 11 is 1.49. The predicted octanol–water partition coefficient (Wildman–Crippen LogP) is 4.15. The lowest BCUT2D eigenvalue weighted by Crippen LogP contribution is -2.14. The molecule has 0 spiro atoms. The number of rotatable bonds is 5. The van der Waals surface area contributed by atoms with Gasteiger partial charge in [0.25, 0.3) is 0 Å². The first-order chi connectivity index (χ1) is 10.0. The largest absolute Gasteiger partial charge is 0.453 e. The van der Waals surface area contributed by atoms with Crippen LogP contribution in [0.15, 0.2) is 41.3 Å². The Morgan fingerprint density at radius 3 is 2.67 bits per heavy atom. The first kappa shape index (κ1) is 15.3. The van der Waals surface area contributed by atoms with Crippen molar-refractivity contribution in [2.45, 2.75) is 11.8 Å². The molecule has 2 rings (SSSR count). The van der Waals surface area contributed by atoms with Gasteiger partial charge in [-0.1, -0.05) is 13.0 Å². The van der Waals surface area contributed by atoms with E-state index in [1.54, 1.807) is 18.2 Å². The summed E-state index contributed by atoms with van der Waals surface area (Å²) in [6, 6.07) is 8.05. The maximum absolute atomic E-state index is 13.7. The fraction of sp³-hybridized carbons (Fsp3) is 0.133. The van der Waals surface area contributed by atoms with Gasteiger partial charge in [-0.15, -0.1) is 11.8 Å². The van der Waals surface area contributed by atoms with Crippen molar-refractivity contribution in [2.75, 3.05) is 5.75 Å². The van der Waals surface area contributed by atoms with Gasteiger partial charge >= 0.3 is 0 Å². The Hall–Kier alpha value is -2.08. The minimum absolute atomic E-state index is 0.182. The number of hydrogen-bond acceptors (Lipinski definition) is 3. The SMILES string of the molecule is CCSc1cccc(Oc2cc(F)ccc2F)c1C(=N)N. The van der Waals surface area contributed by atoms with Gasteiger partial charge < -0.3 is 10.5 Å². The molecule has 0 saturated carbocycles. The van der Waals surface area contributed by atoms with Crippen molar-refractivity contribution in [3.63, 3.8) is 0 Å². The highest BCUT2D eigenvalue weighted by Gasteiger charge is 2.15. The molecule has 0 aliphatic rings. The molecule has 0 bridgehead atoms. The van der Waals surface area contributed by atoms with Crippen LogP contribution in [-0.2, 0) is 0 Å². The smallest absolute Gasteiger partial charge is 0.166 e. The zero-order chi connectivity index (χ0) is 15.4. The van der Waals surface area contributed by atoms with Crippen molar-refractivity contribution < 1.29 is 13.5 Å². The van der Waals surface area contributed by atoms with Gasteiger partial charge in [0, 0.05) is 11.0 Å². The number of nitrogen functional groups attached to an aromatic ring is 1. The highest BCUT2D eigenvalue weighted by atomic mass is 32.2. The lowest BCUT2D eigenvalue weighted by molar-refractivity contribution is 0.435. The molecule has 0 aliphatic heterocycles. The van der Waals surface area contributed by atoms with Crippen molar-refractivity contribution in [3.05, 3.63) is 53.6 Å². The maximum Gasteiger partial charge on any atom is 0.166 e. The highest BCUT2D eigenvalue weighted by molar-refractivity contribution is 7.99. The normalized spacial score (nSPS) is 10.4. The second kappa shape index (κ2) is 6.58. The topological polar surface area (TPSA) is 59.1 Å². The molecule has 21 heavy (non-hydrogen) atoms. The number of halogens is 2. The summed E-state index contributed by atoms with van der Waals surface area (Å²) in [4.78, 5) is 0.763. The zero-order valence-corrected chi connectivity index (χ0v) is 12.1. The number of thioether (sulfide) groups is 1. The zero-order valence-electron chi connectivity index (χ0n) is 11.3. The minimum Gasteiger partial charge on any atom is -0.453 e.